The third-order valence-corrected chi connectivity index (χ3v) is 6.66. The van der Waals surface area contributed by atoms with Crippen LogP contribution in [0.15, 0.2) is 18.2 Å². The number of nitriles is 1. The van der Waals surface area contributed by atoms with Crippen molar-refractivity contribution >= 4 is 33.0 Å². The first-order chi connectivity index (χ1) is 9.49. The Balaban J connectivity index is 2.41. The summed E-state index contributed by atoms with van der Waals surface area (Å²) in [5, 5.41) is 8.32. The number of hydrogen-bond acceptors (Lipinski definition) is 6. The number of nitrogen functional groups attached to an aromatic ring is 1. The molecule has 2 rings (SSSR count). The molecule has 5 nitrogen and oxygen atoms in total. The molecule has 1 fully saturated rings. The van der Waals surface area contributed by atoms with E-state index in [0.29, 0.717) is 29.2 Å². The SMILES string of the molecule is CCS(=O)(=O)C1CSCCN1c1ccc(C#N)cc1N. The minimum absolute atomic E-state index is 0.116. The lowest BCUT2D eigenvalue weighted by atomic mass is 10.1. The van der Waals surface area contributed by atoms with E-state index in [1.54, 1.807) is 36.9 Å². The molecule has 1 atom stereocenters. The van der Waals surface area contributed by atoms with Crippen LogP contribution in [0.5, 0.6) is 0 Å². The van der Waals surface area contributed by atoms with Crippen molar-refractivity contribution in [2.45, 2.75) is 12.3 Å². The van der Waals surface area contributed by atoms with Gasteiger partial charge in [0.2, 0.25) is 0 Å². The first-order valence-corrected chi connectivity index (χ1v) is 9.22. The van der Waals surface area contributed by atoms with Crippen molar-refractivity contribution in [3.8, 4) is 6.07 Å². The van der Waals surface area contributed by atoms with Gasteiger partial charge in [-0.3, -0.25) is 0 Å². The molecule has 1 unspecified atom stereocenters. The third kappa shape index (κ3) is 2.86. The van der Waals surface area contributed by atoms with Gasteiger partial charge in [-0.2, -0.15) is 17.0 Å². The summed E-state index contributed by atoms with van der Waals surface area (Å²) in [7, 11) is -3.17. The molecule has 0 bridgehead atoms. The number of nitrogens with two attached hydrogens (primary N) is 1. The Hall–Kier alpha value is -1.39. The quantitative estimate of drug-likeness (QED) is 0.850. The third-order valence-electron chi connectivity index (χ3n) is 3.37. The Labute approximate surface area is 123 Å². The topological polar surface area (TPSA) is 87.2 Å². The molecule has 1 saturated heterocycles. The molecule has 0 spiro atoms. The zero-order valence-corrected chi connectivity index (χ0v) is 12.9. The summed E-state index contributed by atoms with van der Waals surface area (Å²) >= 11 is 1.64. The van der Waals surface area contributed by atoms with Gasteiger partial charge < -0.3 is 10.6 Å². The van der Waals surface area contributed by atoms with E-state index in [2.05, 4.69) is 0 Å². The fraction of sp³-hybridized carbons (Fsp3) is 0.462. The maximum Gasteiger partial charge on any atom is 0.171 e. The van der Waals surface area contributed by atoms with Crippen molar-refractivity contribution in [2.24, 2.45) is 0 Å². The highest BCUT2D eigenvalue weighted by atomic mass is 32.2. The van der Waals surface area contributed by atoms with E-state index in [-0.39, 0.29) is 5.75 Å². The fourth-order valence-electron chi connectivity index (χ4n) is 2.23. The van der Waals surface area contributed by atoms with Crippen molar-refractivity contribution in [1.29, 1.82) is 5.26 Å². The van der Waals surface area contributed by atoms with Gasteiger partial charge in [0.1, 0.15) is 5.37 Å². The lowest BCUT2D eigenvalue weighted by Gasteiger charge is -2.37. The molecule has 0 saturated carbocycles. The highest BCUT2D eigenvalue weighted by Crippen LogP contribution is 2.31. The summed E-state index contributed by atoms with van der Waals surface area (Å²) in [5.74, 6) is 1.54. The number of rotatable bonds is 3. The van der Waals surface area contributed by atoms with Crippen LogP contribution in [0.1, 0.15) is 12.5 Å². The number of thioether (sulfide) groups is 1. The smallest absolute Gasteiger partial charge is 0.171 e. The fourth-order valence-corrected chi connectivity index (χ4v) is 5.22. The summed E-state index contributed by atoms with van der Waals surface area (Å²) in [5.41, 5.74) is 7.61. The number of hydrogen-bond donors (Lipinski definition) is 1. The molecule has 0 amide bonds. The van der Waals surface area contributed by atoms with Crippen molar-refractivity contribution in [1.82, 2.24) is 0 Å². The van der Waals surface area contributed by atoms with Crippen LogP contribution in [0.25, 0.3) is 0 Å². The summed E-state index contributed by atoms with van der Waals surface area (Å²) in [6.45, 7) is 2.31. The van der Waals surface area contributed by atoms with Crippen LogP contribution in [-0.4, -0.2) is 37.6 Å². The normalized spacial score (nSPS) is 19.6. The van der Waals surface area contributed by atoms with Crippen LogP contribution < -0.4 is 10.6 Å². The predicted molar refractivity (Wildman–Crippen MR) is 83.5 cm³/mol. The van der Waals surface area contributed by atoms with Crippen LogP contribution in [0.4, 0.5) is 11.4 Å². The Bertz CT molecular complexity index is 638. The first-order valence-electron chi connectivity index (χ1n) is 6.35. The molecule has 7 heteroatoms. The summed E-state index contributed by atoms with van der Waals surface area (Å²) < 4.78 is 24.4. The van der Waals surface area contributed by atoms with Crippen molar-refractivity contribution in [2.75, 3.05) is 34.4 Å². The van der Waals surface area contributed by atoms with E-state index < -0.39 is 15.2 Å². The molecular weight excluding hydrogens is 294 g/mol. The van der Waals surface area contributed by atoms with E-state index in [4.69, 9.17) is 11.0 Å². The Morgan fingerprint density at radius 3 is 2.90 bits per heavy atom. The number of nitrogens with zero attached hydrogens (tertiary/aromatic N) is 2. The van der Waals surface area contributed by atoms with Crippen molar-refractivity contribution in [3.05, 3.63) is 23.8 Å². The van der Waals surface area contributed by atoms with E-state index in [1.165, 1.54) is 0 Å². The number of anilines is 2. The van der Waals surface area contributed by atoms with Crippen LogP contribution >= 0.6 is 11.8 Å². The lowest BCUT2D eigenvalue weighted by molar-refractivity contribution is 0.580. The van der Waals surface area contributed by atoms with Crippen molar-refractivity contribution < 1.29 is 8.42 Å². The van der Waals surface area contributed by atoms with Gasteiger partial charge in [0.15, 0.2) is 9.84 Å². The zero-order chi connectivity index (χ0) is 14.8. The van der Waals surface area contributed by atoms with E-state index >= 15 is 0 Å². The van der Waals surface area contributed by atoms with Gasteiger partial charge in [-0.1, -0.05) is 6.92 Å². The second kappa shape index (κ2) is 5.94. The van der Waals surface area contributed by atoms with E-state index in [9.17, 15) is 8.42 Å². The van der Waals surface area contributed by atoms with Crippen molar-refractivity contribution in [3.63, 3.8) is 0 Å². The molecule has 0 radical (unpaired) electrons. The Kier molecular flexibility index (Phi) is 4.45. The van der Waals surface area contributed by atoms with Crippen LogP contribution in [0.3, 0.4) is 0 Å². The maximum atomic E-state index is 12.2. The monoisotopic (exact) mass is 311 g/mol. The van der Waals surface area contributed by atoms with Crippen LogP contribution in [0, 0.1) is 11.3 Å². The van der Waals surface area contributed by atoms with E-state index in [1.807, 2.05) is 11.0 Å². The van der Waals surface area contributed by atoms with Gasteiger partial charge in [0.05, 0.1) is 23.0 Å². The van der Waals surface area contributed by atoms with Gasteiger partial charge in [0.25, 0.3) is 0 Å². The molecule has 0 aromatic heterocycles. The molecule has 108 valence electrons. The average molecular weight is 311 g/mol. The standard InChI is InChI=1S/C13H17N3O2S2/c1-2-20(17,18)13-9-19-6-5-16(13)12-4-3-10(8-14)7-11(12)15/h3-4,7,13H,2,5-6,9,15H2,1H3. The zero-order valence-electron chi connectivity index (χ0n) is 11.2. The summed E-state index contributed by atoms with van der Waals surface area (Å²) in [6, 6.07) is 7.03. The molecule has 1 heterocycles. The molecule has 1 aromatic carbocycles. The lowest BCUT2D eigenvalue weighted by Crippen LogP contribution is -2.48. The molecule has 20 heavy (non-hydrogen) atoms. The summed E-state index contributed by atoms with van der Waals surface area (Å²) in [4.78, 5) is 1.85. The van der Waals surface area contributed by atoms with Gasteiger partial charge in [-0.15, -0.1) is 0 Å². The average Bonchev–Trinajstić information content (AvgIpc) is 2.47. The maximum absolute atomic E-state index is 12.2. The number of sulfone groups is 1. The highest BCUT2D eigenvalue weighted by Gasteiger charge is 2.33. The molecule has 1 aliphatic heterocycles. The Morgan fingerprint density at radius 2 is 2.30 bits per heavy atom. The largest absolute Gasteiger partial charge is 0.397 e. The van der Waals surface area contributed by atoms with E-state index in [0.717, 1.165) is 5.75 Å². The Morgan fingerprint density at radius 1 is 1.55 bits per heavy atom. The van der Waals surface area contributed by atoms with Gasteiger partial charge in [0, 0.05) is 23.8 Å². The number of benzene rings is 1. The molecular formula is C13H17N3O2S2. The van der Waals surface area contributed by atoms with Gasteiger partial charge >= 0.3 is 0 Å². The minimum atomic E-state index is -3.17. The minimum Gasteiger partial charge on any atom is -0.397 e. The van der Waals surface area contributed by atoms with Crippen LogP contribution in [0.2, 0.25) is 0 Å². The predicted octanol–water partition coefficient (Wildman–Crippen LogP) is 1.45. The summed E-state index contributed by atoms with van der Waals surface area (Å²) in [6.07, 6.45) is 0. The highest BCUT2D eigenvalue weighted by molar-refractivity contribution is 8.01. The second-order valence-corrected chi connectivity index (χ2v) is 8.16. The van der Waals surface area contributed by atoms with Crippen LogP contribution in [-0.2, 0) is 9.84 Å². The molecule has 0 aliphatic carbocycles. The second-order valence-electron chi connectivity index (χ2n) is 4.56. The molecule has 2 N–H and O–H groups in total. The van der Waals surface area contributed by atoms with Gasteiger partial charge in [-0.05, 0) is 18.2 Å². The molecule has 1 aliphatic rings. The first kappa shape index (κ1) is 15.0. The molecule has 1 aromatic rings. The van der Waals surface area contributed by atoms with Gasteiger partial charge in [-0.25, -0.2) is 8.42 Å².